The summed E-state index contributed by atoms with van der Waals surface area (Å²) in [6.45, 7) is 1.81. The summed E-state index contributed by atoms with van der Waals surface area (Å²) in [5, 5.41) is 20.1. The summed E-state index contributed by atoms with van der Waals surface area (Å²) in [5.41, 5.74) is 4.12. The first-order chi connectivity index (χ1) is 14.7. The van der Waals surface area contributed by atoms with E-state index in [4.69, 9.17) is 4.98 Å². The van der Waals surface area contributed by atoms with E-state index in [0.29, 0.717) is 10.0 Å². The molecule has 0 spiro atoms. The highest BCUT2D eigenvalue weighted by Crippen LogP contribution is 2.37. The van der Waals surface area contributed by atoms with Crippen LogP contribution in [-0.2, 0) is 13.0 Å². The van der Waals surface area contributed by atoms with E-state index in [1.165, 1.54) is 28.2 Å². The van der Waals surface area contributed by atoms with Gasteiger partial charge in [-0.1, -0.05) is 41.7 Å². The summed E-state index contributed by atoms with van der Waals surface area (Å²) in [5.74, 6) is -0.202. The summed E-state index contributed by atoms with van der Waals surface area (Å²) in [4.78, 5) is 19.4. The molecule has 152 valence electrons. The van der Waals surface area contributed by atoms with E-state index in [9.17, 15) is 4.79 Å². The third-order valence-electron chi connectivity index (χ3n) is 5.06. The van der Waals surface area contributed by atoms with E-state index in [2.05, 4.69) is 32.2 Å². The molecule has 0 saturated carbocycles. The van der Waals surface area contributed by atoms with Crippen LogP contribution in [-0.4, -0.2) is 34.7 Å². The van der Waals surface area contributed by atoms with Gasteiger partial charge in [0, 0.05) is 30.2 Å². The number of hydrogen-bond acceptors (Lipinski definition) is 8. The van der Waals surface area contributed by atoms with Gasteiger partial charge in [-0.15, -0.1) is 21.5 Å². The molecule has 1 aliphatic rings. The Kier molecular flexibility index (Phi) is 5.16. The molecule has 1 aromatic carbocycles. The van der Waals surface area contributed by atoms with Crippen molar-refractivity contribution in [2.24, 2.45) is 0 Å². The van der Waals surface area contributed by atoms with Gasteiger partial charge in [0.15, 0.2) is 0 Å². The minimum atomic E-state index is -0.202. The fourth-order valence-corrected chi connectivity index (χ4v) is 5.43. The van der Waals surface area contributed by atoms with Crippen LogP contribution >= 0.6 is 22.7 Å². The van der Waals surface area contributed by atoms with Gasteiger partial charge in [-0.25, -0.2) is 4.98 Å². The average Bonchev–Trinajstić information content (AvgIpc) is 3.30. The number of nitrogens with one attached hydrogen (secondary N) is 3. The van der Waals surface area contributed by atoms with Gasteiger partial charge in [0.2, 0.25) is 5.13 Å². The van der Waals surface area contributed by atoms with Crippen molar-refractivity contribution in [1.29, 1.82) is 0 Å². The number of thiophene rings is 1. The lowest BCUT2D eigenvalue weighted by atomic mass is 10.1. The highest BCUT2D eigenvalue weighted by atomic mass is 32.1. The first kappa shape index (κ1) is 19.1. The molecule has 4 aromatic rings. The number of pyridine rings is 1. The Morgan fingerprint density at radius 3 is 2.87 bits per heavy atom. The second-order valence-corrected chi connectivity index (χ2v) is 8.99. The van der Waals surface area contributed by atoms with Gasteiger partial charge in [0.25, 0.3) is 5.91 Å². The molecule has 1 aliphatic heterocycles. The van der Waals surface area contributed by atoms with Crippen molar-refractivity contribution >= 4 is 49.6 Å². The fourth-order valence-electron chi connectivity index (χ4n) is 3.61. The molecule has 4 heterocycles. The molecular weight excluding hydrogens is 416 g/mol. The van der Waals surface area contributed by atoms with Crippen LogP contribution in [0, 0.1) is 0 Å². The molecule has 3 aromatic heterocycles. The maximum atomic E-state index is 13.0. The quantitative estimate of drug-likeness (QED) is 0.445. The highest BCUT2D eigenvalue weighted by molar-refractivity contribution is 7.21. The van der Waals surface area contributed by atoms with Crippen molar-refractivity contribution in [3.05, 3.63) is 52.5 Å². The Balaban J connectivity index is 1.45. The molecule has 0 bridgehead atoms. The third kappa shape index (κ3) is 3.55. The van der Waals surface area contributed by atoms with Crippen LogP contribution in [0.1, 0.15) is 27.3 Å². The smallest absolute Gasteiger partial charge is 0.269 e. The second-order valence-electron chi connectivity index (χ2n) is 7.02. The molecule has 0 fully saturated rings. The highest BCUT2D eigenvalue weighted by Gasteiger charge is 2.22. The number of aryl methyl sites for hydroxylation is 1. The maximum Gasteiger partial charge on any atom is 0.269 e. The van der Waals surface area contributed by atoms with Gasteiger partial charge in [-0.05, 0) is 31.0 Å². The number of rotatable bonds is 4. The van der Waals surface area contributed by atoms with Crippen LogP contribution in [0.5, 0.6) is 0 Å². The van der Waals surface area contributed by atoms with Crippen LogP contribution in [0.25, 0.3) is 20.8 Å². The lowest BCUT2D eigenvalue weighted by Gasteiger charge is -2.06. The Morgan fingerprint density at radius 1 is 1.17 bits per heavy atom. The number of benzene rings is 1. The lowest BCUT2D eigenvalue weighted by molar-refractivity contribution is 0.103. The first-order valence-corrected chi connectivity index (χ1v) is 11.4. The van der Waals surface area contributed by atoms with Gasteiger partial charge in [0.1, 0.15) is 14.7 Å². The Bertz CT molecular complexity index is 1220. The summed E-state index contributed by atoms with van der Waals surface area (Å²) in [7, 11) is 1.83. The normalized spacial score (nSPS) is 13.6. The molecule has 9 heteroatoms. The van der Waals surface area contributed by atoms with E-state index in [1.807, 2.05) is 37.4 Å². The zero-order valence-corrected chi connectivity index (χ0v) is 18.0. The first-order valence-electron chi connectivity index (χ1n) is 9.77. The number of anilines is 2. The van der Waals surface area contributed by atoms with Gasteiger partial charge < -0.3 is 10.6 Å². The van der Waals surface area contributed by atoms with Crippen molar-refractivity contribution in [1.82, 2.24) is 20.5 Å². The largest absolute Gasteiger partial charge is 0.386 e. The minimum absolute atomic E-state index is 0.202. The van der Waals surface area contributed by atoms with Crippen LogP contribution in [0.2, 0.25) is 0 Å². The molecule has 0 atom stereocenters. The predicted octanol–water partition coefficient (Wildman–Crippen LogP) is 4.14. The van der Waals surface area contributed by atoms with Crippen molar-refractivity contribution < 1.29 is 4.79 Å². The van der Waals surface area contributed by atoms with Gasteiger partial charge >= 0.3 is 0 Å². The van der Waals surface area contributed by atoms with Crippen molar-refractivity contribution in [3.8, 4) is 10.6 Å². The van der Waals surface area contributed by atoms with Gasteiger partial charge in [-0.2, -0.15) is 0 Å². The zero-order chi connectivity index (χ0) is 20.5. The van der Waals surface area contributed by atoms with Gasteiger partial charge in [0.05, 0.1) is 5.69 Å². The second kappa shape index (κ2) is 8.10. The molecule has 0 radical (unpaired) electrons. The molecule has 3 N–H and O–H groups in total. The number of carbonyl (C=O) groups excluding carboxylic acids is 1. The molecule has 0 aliphatic carbocycles. The van der Waals surface area contributed by atoms with Crippen molar-refractivity contribution in [2.45, 2.75) is 19.4 Å². The van der Waals surface area contributed by atoms with Crippen LogP contribution < -0.4 is 16.0 Å². The summed E-state index contributed by atoms with van der Waals surface area (Å²) < 4.78 is 0. The minimum Gasteiger partial charge on any atom is -0.386 e. The van der Waals surface area contributed by atoms with Crippen LogP contribution in [0.3, 0.4) is 0 Å². The number of aromatic nitrogens is 3. The maximum absolute atomic E-state index is 13.0. The molecule has 7 nitrogen and oxygen atoms in total. The monoisotopic (exact) mass is 436 g/mol. The van der Waals surface area contributed by atoms with E-state index in [1.54, 1.807) is 0 Å². The standard InChI is InChI=1S/C21H20N6OS2/c1-22-16-14-10-13-11-23-9-5-8-15(13)24-20(14)29-17(16)18(28)25-21-27-26-19(30-21)12-6-3-2-4-7-12/h2-4,6-7,10,22-23H,5,8-9,11H2,1H3,(H,25,27,28). The molecular formula is C21H20N6OS2. The Hall–Kier alpha value is -2.88. The number of amides is 1. The summed E-state index contributed by atoms with van der Waals surface area (Å²) in [6.07, 6.45) is 2.03. The lowest BCUT2D eigenvalue weighted by Crippen LogP contribution is -2.12. The average molecular weight is 437 g/mol. The Labute approximate surface area is 181 Å². The third-order valence-corrected chi connectivity index (χ3v) is 7.04. The van der Waals surface area contributed by atoms with Crippen molar-refractivity contribution in [2.75, 3.05) is 24.2 Å². The van der Waals surface area contributed by atoms with E-state index >= 15 is 0 Å². The number of fused-ring (bicyclic) bond motifs is 2. The van der Waals surface area contributed by atoms with Gasteiger partial charge in [-0.3, -0.25) is 10.1 Å². The number of nitrogens with zero attached hydrogens (tertiary/aromatic N) is 3. The van der Waals surface area contributed by atoms with Crippen LogP contribution in [0.4, 0.5) is 10.8 Å². The van der Waals surface area contributed by atoms with E-state index in [0.717, 1.165) is 58.1 Å². The van der Waals surface area contributed by atoms with Crippen molar-refractivity contribution in [3.63, 3.8) is 0 Å². The van der Waals surface area contributed by atoms with E-state index in [-0.39, 0.29) is 5.91 Å². The molecule has 30 heavy (non-hydrogen) atoms. The predicted molar refractivity (Wildman–Crippen MR) is 122 cm³/mol. The Morgan fingerprint density at radius 2 is 2.03 bits per heavy atom. The zero-order valence-electron chi connectivity index (χ0n) is 16.4. The summed E-state index contributed by atoms with van der Waals surface area (Å²) in [6, 6.07) is 12.0. The molecule has 5 rings (SSSR count). The van der Waals surface area contributed by atoms with E-state index < -0.39 is 0 Å². The SMILES string of the molecule is CNc1c(C(=O)Nc2nnc(-c3ccccc3)s2)sc2nc3c(cc12)CNCCC3. The van der Waals surface area contributed by atoms with Crippen LogP contribution in [0.15, 0.2) is 36.4 Å². The summed E-state index contributed by atoms with van der Waals surface area (Å²) >= 11 is 2.77. The molecule has 0 saturated heterocycles. The topological polar surface area (TPSA) is 91.8 Å². The number of carbonyl (C=O) groups is 1. The fraction of sp³-hybridized carbons (Fsp3) is 0.238. The molecule has 0 unspecified atom stereocenters. The molecule has 1 amide bonds. The number of hydrogen-bond donors (Lipinski definition) is 3.